The van der Waals surface area contributed by atoms with Gasteiger partial charge in [0.15, 0.2) is 0 Å². The fourth-order valence-corrected chi connectivity index (χ4v) is 2.55. The lowest BCUT2D eigenvalue weighted by Crippen LogP contribution is -2.28. The average molecular weight is 282 g/mol. The van der Waals surface area contributed by atoms with Crippen LogP contribution in [0.25, 0.3) is 11.3 Å². The second kappa shape index (κ2) is 5.83. The molecule has 3 rings (SSSR count). The van der Waals surface area contributed by atoms with Gasteiger partial charge in [-0.3, -0.25) is 0 Å². The Balaban J connectivity index is 1.72. The number of carbonyl (C=O) groups is 1. The van der Waals surface area contributed by atoms with Crippen LogP contribution in [0, 0.1) is 0 Å². The Bertz CT molecular complexity index is 657. The summed E-state index contributed by atoms with van der Waals surface area (Å²) in [6.07, 6.45) is 5.79. The first kappa shape index (κ1) is 13.4. The van der Waals surface area contributed by atoms with Crippen molar-refractivity contribution in [2.45, 2.75) is 19.4 Å². The van der Waals surface area contributed by atoms with E-state index in [-0.39, 0.29) is 6.03 Å². The van der Waals surface area contributed by atoms with Crippen molar-refractivity contribution in [2.24, 2.45) is 0 Å². The lowest BCUT2D eigenvalue weighted by Gasteiger charge is -2.08. The SMILES string of the molecule is C=CCNC(=O)Nc1ccc(-c2cnc3n2CCC3)cc1. The van der Waals surface area contributed by atoms with Gasteiger partial charge in [0.05, 0.1) is 11.9 Å². The van der Waals surface area contributed by atoms with Crippen LogP contribution < -0.4 is 10.6 Å². The van der Waals surface area contributed by atoms with E-state index in [2.05, 4.69) is 26.8 Å². The Morgan fingerprint density at radius 2 is 2.19 bits per heavy atom. The molecule has 5 heteroatoms. The third kappa shape index (κ3) is 2.81. The molecular formula is C16H18N4O. The largest absolute Gasteiger partial charge is 0.334 e. The maximum absolute atomic E-state index is 11.6. The van der Waals surface area contributed by atoms with Crippen molar-refractivity contribution in [1.29, 1.82) is 0 Å². The highest BCUT2D eigenvalue weighted by Gasteiger charge is 2.16. The number of carbonyl (C=O) groups excluding carboxylic acids is 1. The predicted octanol–water partition coefficient (Wildman–Crippen LogP) is 2.80. The Hall–Kier alpha value is -2.56. The first-order valence-corrected chi connectivity index (χ1v) is 7.08. The van der Waals surface area contributed by atoms with Gasteiger partial charge in [0.25, 0.3) is 0 Å². The van der Waals surface area contributed by atoms with Gasteiger partial charge < -0.3 is 15.2 Å². The Kier molecular flexibility index (Phi) is 3.73. The van der Waals surface area contributed by atoms with Crippen molar-refractivity contribution in [3.63, 3.8) is 0 Å². The van der Waals surface area contributed by atoms with E-state index < -0.39 is 0 Å². The molecule has 2 amide bonds. The van der Waals surface area contributed by atoms with E-state index in [0.717, 1.165) is 35.7 Å². The molecule has 2 N–H and O–H groups in total. The monoisotopic (exact) mass is 282 g/mol. The van der Waals surface area contributed by atoms with Crippen LogP contribution in [0.4, 0.5) is 10.5 Å². The smallest absolute Gasteiger partial charge is 0.319 e. The van der Waals surface area contributed by atoms with E-state index in [0.29, 0.717) is 6.54 Å². The van der Waals surface area contributed by atoms with Crippen LogP contribution in [0.1, 0.15) is 12.2 Å². The molecule has 0 unspecified atom stereocenters. The molecule has 21 heavy (non-hydrogen) atoms. The number of benzene rings is 1. The van der Waals surface area contributed by atoms with Gasteiger partial charge in [-0.1, -0.05) is 18.2 Å². The number of rotatable bonds is 4. The number of fused-ring (bicyclic) bond motifs is 1. The fraction of sp³-hybridized carbons (Fsp3) is 0.250. The van der Waals surface area contributed by atoms with Crippen LogP contribution in [-0.2, 0) is 13.0 Å². The number of anilines is 1. The van der Waals surface area contributed by atoms with Gasteiger partial charge in [-0.2, -0.15) is 0 Å². The third-order valence-electron chi connectivity index (χ3n) is 3.57. The molecule has 1 aromatic heterocycles. The summed E-state index contributed by atoms with van der Waals surface area (Å²) in [6, 6.07) is 7.58. The van der Waals surface area contributed by atoms with Gasteiger partial charge in [0.2, 0.25) is 0 Å². The van der Waals surface area contributed by atoms with E-state index in [9.17, 15) is 4.79 Å². The average Bonchev–Trinajstić information content (AvgIpc) is 3.09. The number of hydrogen-bond donors (Lipinski definition) is 2. The highest BCUT2D eigenvalue weighted by atomic mass is 16.2. The number of aromatic nitrogens is 2. The Morgan fingerprint density at radius 3 is 2.95 bits per heavy atom. The zero-order valence-electron chi connectivity index (χ0n) is 11.8. The van der Waals surface area contributed by atoms with Gasteiger partial charge in [0, 0.05) is 25.2 Å². The molecule has 1 aliphatic heterocycles. The van der Waals surface area contributed by atoms with Crippen LogP contribution >= 0.6 is 0 Å². The first-order chi connectivity index (χ1) is 10.3. The summed E-state index contributed by atoms with van der Waals surface area (Å²) in [7, 11) is 0. The van der Waals surface area contributed by atoms with E-state index in [1.807, 2.05) is 30.5 Å². The number of aryl methyl sites for hydroxylation is 1. The second-order valence-electron chi connectivity index (χ2n) is 5.02. The van der Waals surface area contributed by atoms with Crippen molar-refractivity contribution in [3.05, 3.63) is 48.9 Å². The van der Waals surface area contributed by atoms with Gasteiger partial charge in [0.1, 0.15) is 5.82 Å². The van der Waals surface area contributed by atoms with Crippen LogP contribution in [0.2, 0.25) is 0 Å². The Labute approximate surface area is 123 Å². The maximum Gasteiger partial charge on any atom is 0.319 e. The lowest BCUT2D eigenvalue weighted by atomic mass is 10.1. The highest BCUT2D eigenvalue weighted by molar-refractivity contribution is 5.89. The number of nitrogens with zero attached hydrogens (tertiary/aromatic N) is 2. The number of nitrogens with one attached hydrogen (secondary N) is 2. The Morgan fingerprint density at radius 1 is 1.38 bits per heavy atom. The quantitative estimate of drug-likeness (QED) is 0.847. The number of urea groups is 1. The number of amides is 2. The van der Waals surface area contributed by atoms with Crippen LogP contribution in [0.15, 0.2) is 43.1 Å². The molecule has 5 nitrogen and oxygen atoms in total. The molecule has 0 saturated heterocycles. The minimum Gasteiger partial charge on any atom is -0.334 e. The minimum atomic E-state index is -0.229. The molecule has 1 aromatic carbocycles. The molecule has 0 saturated carbocycles. The van der Waals surface area contributed by atoms with Crippen molar-refractivity contribution in [3.8, 4) is 11.3 Å². The van der Waals surface area contributed by atoms with Crippen molar-refractivity contribution < 1.29 is 4.79 Å². The van der Waals surface area contributed by atoms with E-state index in [1.54, 1.807) is 6.08 Å². The fourth-order valence-electron chi connectivity index (χ4n) is 2.55. The predicted molar refractivity (Wildman–Crippen MR) is 83.2 cm³/mol. The van der Waals surface area contributed by atoms with E-state index >= 15 is 0 Å². The summed E-state index contributed by atoms with van der Waals surface area (Å²) in [5, 5.41) is 5.46. The molecule has 0 atom stereocenters. The summed E-state index contributed by atoms with van der Waals surface area (Å²) < 4.78 is 2.26. The summed E-state index contributed by atoms with van der Waals surface area (Å²) in [5.41, 5.74) is 3.03. The molecule has 0 spiro atoms. The molecule has 0 fully saturated rings. The van der Waals surface area contributed by atoms with Gasteiger partial charge >= 0.3 is 6.03 Å². The van der Waals surface area contributed by atoms with Crippen molar-refractivity contribution in [1.82, 2.24) is 14.9 Å². The highest BCUT2D eigenvalue weighted by Crippen LogP contribution is 2.26. The summed E-state index contributed by atoms with van der Waals surface area (Å²) >= 11 is 0. The molecule has 2 heterocycles. The van der Waals surface area contributed by atoms with Crippen LogP contribution in [-0.4, -0.2) is 22.1 Å². The molecular weight excluding hydrogens is 264 g/mol. The number of hydrogen-bond acceptors (Lipinski definition) is 2. The zero-order valence-corrected chi connectivity index (χ0v) is 11.8. The van der Waals surface area contributed by atoms with Crippen molar-refractivity contribution >= 4 is 11.7 Å². The molecule has 0 aliphatic carbocycles. The van der Waals surface area contributed by atoms with Gasteiger partial charge in [-0.05, 0) is 24.1 Å². The first-order valence-electron chi connectivity index (χ1n) is 7.08. The zero-order chi connectivity index (χ0) is 14.7. The van der Waals surface area contributed by atoms with Gasteiger partial charge in [-0.15, -0.1) is 6.58 Å². The van der Waals surface area contributed by atoms with Crippen LogP contribution in [0.3, 0.4) is 0 Å². The third-order valence-corrected chi connectivity index (χ3v) is 3.57. The molecule has 0 radical (unpaired) electrons. The molecule has 0 bridgehead atoms. The minimum absolute atomic E-state index is 0.229. The molecule has 108 valence electrons. The summed E-state index contributed by atoms with van der Waals surface area (Å²) in [4.78, 5) is 16.0. The standard InChI is InChI=1S/C16H18N4O/c1-2-9-17-16(21)19-13-7-5-12(6-8-13)14-11-18-15-4-3-10-20(14)15/h2,5-8,11H,1,3-4,9-10H2,(H2,17,19,21). The van der Waals surface area contributed by atoms with Crippen LogP contribution in [0.5, 0.6) is 0 Å². The summed E-state index contributed by atoms with van der Waals surface area (Å²) in [6.45, 7) is 5.04. The van der Waals surface area contributed by atoms with E-state index in [4.69, 9.17) is 0 Å². The molecule has 1 aliphatic rings. The normalized spacial score (nSPS) is 12.8. The topological polar surface area (TPSA) is 59.0 Å². The van der Waals surface area contributed by atoms with Gasteiger partial charge in [-0.25, -0.2) is 9.78 Å². The lowest BCUT2D eigenvalue weighted by molar-refractivity contribution is 0.253. The van der Waals surface area contributed by atoms with E-state index in [1.165, 1.54) is 6.42 Å². The molecule has 2 aromatic rings. The van der Waals surface area contributed by atoms with Crippen molar-refractivity contribution in [2.75, 3.05) is 11.9 Å². The maximum atomic E-state index is 11.6. The number of imidazole rings is 1. The summed E-state index contributed by atoms with van der Waals surface area (Å²) in [5.74, 6) is 1.16. The second-order valence-corrected chi connectivity index (χ2v) is 5.02.